The Morgan fingerprint density at radius 2 is 2.14 bits per heavy atom. The van der Waals surface area contributed by atoms with Crippen LogP contribution in [0.4, 0.5) is 5.82 Å². The third kappa shape index (κ3) is 1.77. The summed E-state index contributed by atoms with van der Waals surface area (Å²) in [5, 5.41) is 1.09. The van der Waals surface area contributed by atoms with Crippen molar-refractivity contribution < 1.29 is 8.98 Å². The van der Waals surface area contributed by atoms with Gasteiger partial charge in [0.15, 0.2) is 0 Å². The molecule has 1 aliphatic heterocycles. The Labute approximate surface area is 123 Å². The largest absolute Gasteiger partial charge is 0.439 e. The summed E-state index contributed by atoms with van der Waals surface area (Å²) in [6.07, 6.45) is 7.91. The number of hydrogen-bond donors (Lipinski definition) is 0. The van der Waals surface area contributed by atoms with Crippen LogP contribution in [0.5, 0.6) is 0 Å². The SMILES string of the molecule is CB1c2c(oc3ncccc23)C=CN1c1cccc[n+]1C. The molecule has 0 aliphatic carbocycles. The second kappa shape index (κ2) is 4.48. The number of nitrogens with zero attached hydrogens (tertiary/aromatic N) is 3. The normalized spacial score (nSPS) is 13.8. The molecule has 3 aromatic heterocycles. The molecule has 0 saturated carbocycles. The van der Waals surface area contributed by atoms with Gasteiger partial charge in [-0.05, 0) is 25.0 Å². The zero-order chi connectivity index (χ0) is 14.4. The quantitative estimate of drug-likeness (QED) is 0.503. The summed E-state index contributed by atoms with van der Waals surface area (Å²) < 4.78 is 7.96. The average Bonchev–Trinajstić information content (AvgIpc) is 2.88. The van der Waals surface area contributed by atoms with Crippen LogP contribution in [0.15, 0.2) is 53.3 Å². The molecule has 1 aliphatic rings. The molecule has 21 heavy (non-hydrogen) atoms. The molecule has 0 spiro atoms. The number of aromatic nitrogens is 2. The van der Waals surface area contributed by atoms with Crippen molar-refractivity contribution in [3.05, 3.63) is 54.7 Å². The molecule has 0 aromatic carbocycles. The fraction of sp³-hybridized carbons (Fsp3) is 0.125. The van der Waals surface area contributed by atoms with E-state index >= 15 is 0 Å². The second-order valence-corrected chi connectivity index (χ2v) is 5.30. The standard InChI is InChI=1S/C16H15BN3O/c1-17-15-12-6-5-9-18-16(12)21-13(15)8-11-20(17)14-7-3-4-10-19(14)2/h3-11H,1-2H3/q+1. The summed E-state index contributed by atoms with van der Waals surface area (Å²) in [4.78, 5) is 6.57. The zero-order valence-electron chi connectivity index (χ0n) is 12.0. The van der Waals surface area contributed by atoms with Gasteiger partial charge in [0.25, 0.3) is 5.82 Å². The van der Waals surface area contributed by atoms with E-state index in [1.54, 1.807) is 6.20 Å². The predicted molar refractivity (Wildman–Crippen MR) is 84.4 cm³/mol. The zero-order valence-corrected chi connectivity index (χ0v) is 12.0. The fourth-order valence-corrected chi connectivity index (χ4v) is 3.00. The van der Waals surface area contributed by atoms with Gasteiger partial charge in [-0.25, -0.2) is 9.55 Å². The van der Waals surface area contributed by atoms with Gasteiger partial charge in [0.1, 0.15) is 5.76 Å². The van der Waals surface area contributed by atoms with E-state index in [9.17, 15) is 0 Å². The van der Waals surface area contributed by atoms with Crippen molar-refractivity contribution in [3.63, 3.8) is 0 Å². The lowest BCUT2D eigenvalue weighted by atomic mass is 9.54. The van der Waals surface area contributed by atoms with Crippen LogP contribution in [0, 0.1) is 0 Å². The third-order valence-electron chi connectivity index (χ3n) is 4.05. The van der Waals surface area contributed by atoms with Crippen molar-refractivity contribution >= 4 is 35.3 Å². The van der Waals surface area contributed by atoms with Crippen LogP contribution in [0.25, 0.3) is 17.2 Å². The summed E-state index contributed by atoms with van der Waals surface area (Å²) >= 11 is 0. The highest BCUT2D eigenvalue weighted by Crippen LogP contribution is 2.23. The lowest BCUT2D eigenvalue weighted by Gasteiger charge is -2.21. The van der Waals surface area contributed by atoms with Crippen LogP contribution in [0.3, 0.4) is 0 Å². The van der Waals surface area contributed by atoms with E-state index in [2.05, 4.69) is 58.8 Å². The molecule has 0 fully saturated rings. The van der Waals surface area contributed by atoms with Gasteiger partial charge in [-0.1, -0.05) is 6.07 Å². The van der Waals surface area contributed by atoms with E-state index in [4.69, 9.17) is 4.42 Å². The molecule has 4 heterocycles. The van der Waals surface area contributed by atoms with Crippen LogP contribution in [0.2, 0.25) is 6.82 Å². The monoisotopic (exact) mass is 276 g/mol. The molecule has 0 N–H and O–H groups in total. The molecule has 0 saturated heterocycles. The lowest BCUT2D eigenvalue weighted by Crippen LogP contribution is -2.50. The number of anilines is 1. The first-order valence-corrected chi connectivity index (χ1v) is 7.04. The van der Waals surface area contributed by atoms with Crippen molar-refractivity contribution in [1.82, 2.24) is 4.98 Å². The van der Waals surface area contributed by atoms with Crippen molar-refractivity contribution in [3.8, 4) is 0 Å². The molecule has 102 valence electrons. The first-order chi connectivity index (χ1) is 10.3. The van der Waals surface area contributed by atoms with Crippen LogP contribution < -0.4 is 14.8 Å². The van der Waals surface area contributed by atoms with Gasteiger partial charge in [-0.3, -0.25) is 4.81 Å². The predicted octanol–water partition coefficient (Wildman–Crippen LogP) is 1.97. The Morgan fingerprint density at radius 3 is 3.00 bits per heavy atom. The summed E-state index contributed by atoms with van der Waals surface area (Å²) in [6.45, 7) is 2.39. The minimum Gasteiger partial charge on any atom is -0.439 e. The van der Waals surface area contributed by atoms with Gasteiger partial charge in [-0.2, -0.15) is 0 Å². The minimum absolute atomic E-state index is 0.198. The Kier molecular flexibility index (Phi) is 2.60. The molecule has 0 unspecified atom stereocenters. The molecule has 0 bridgehead atoms. The van der Waals surface area contributed by atoms with E-state index in [0.29, 0.717) is 5.71 Å². The molecule has 3 aromatic rings. The lowest BCUT2D eigenvalue weighted by molar-refractivity contribution is -0.658. The molecular formula is C16H15BN3O+. The van der Waals surface area contributed by atoms with Gasteiger partial charge in [0, 0.05) is 29.2 Å². The van der Waals surface area contributed by atoms with Crippen LogP contribution in [-0.2, 0) is 7.05 Å². The maximum atomic E-state index is 5.84. The topological polar surface area (TPSA) is 33.2 Å². The third-order valence-corrected chi connectivity index (χ3v) is 4.05. The van der Waals surface area contributed by atoms with Crippen molar-refractivity contribution in [2.24, 2.45) is 7.05 Å². The Bertz CT molecular complexity index is 856. The Morgan fingerprint density at radius 1 is 1.24 bits per heavy atom. The first kappa shape index (κ1) is 12.2. The highest BCUT2D eigenvalue weighted by Gasteiger charge is 2.37. The number of rotatable bonds is 1. The van der Waals surface area contributed by atoms with Crippen molar-refractivity contribution in [2.75, 3.05) is 4.81 Å². The Hall–Kier alpha value is -2.56. The molecule has 5 heteroatoms. The number of aryl methyl sites for hydroxylation is 1. The number of pyridine rings is 2. The van der Waals surface area contributed by atoms with E-state index in [-0.39, 0.29) is 6.85 Å². The minimum atomic E-state index is 0.198. The van der Waals surface area contributed by atoms with Gasteiger partial charge in [-0.15, -0.1) is 0 Å². The maximum Gasteiger partial charge on any atom is 0.413 e. The second-order valence-electron chi connectivity index (χ2n) is 5.30. The molecule has 4 rings (SSSR count). The Balaban J connectivity index is 1.88. The molecule has 0 amide bonds. The van der Waals surface area contributed by atoms with Crippen LogP contribution in [-0.4, -0.2) is 11.8 Å². The molecular weight excluding hydrogens is 261 g/mol. The van der Waals surface area contributed by atoms with Crippen LogP contribution >= 0.6 is 0 Å². The summed E-state index contributed by atoms with van der Waals surface area (Å²) in [7, 11) is 2.06. The highest BCUT2D eigenvalue weighted by atomic mass is 16.3. The first-order valence-electron chi connectivity index (χ1n) is 7.04. The summed E-state index contributed by atoms with van der Waals surface area (Å²) in [5.41, 5.74) is 1.91. The molecule has 4 nitrogen and oxygen atoms in total. The van der Waals surface area contributed by atoms with E-state index in [0.717, 1.165) is 17.0 Å². The van der Waals surface area contributed by atoms with E-state index in [1.807, 2.05) is 18.2 Å². The van der Waals surface area contributed by atoms with Gasteiger partial charge in [0.2, 0.25) is 5.71 Å². The van der Waals surface area contributed by atoms with E-state index < -0.39 is 0 Å². The van der Waals surface area contributed by atoms with Crippen molar-refractivity contribution in [2.45, 2.75) is 6.82 Å². The van der Waals surface area contributed by atoms with Gasteiger partial charge >= 0.3 is 6.85 Å². The highest BCUT2D eigenvalue weighted by molar-refractivity contribution is 6.79. The molecule has 0 atom stereocenters. The van der Waals surface area contributed by atoms with E-state index in [1.165, 1.54) is 5.46 Å². The molecule has 0 radical (unpaired) electrons. The van der Waals surface area contributed by atoms with Gasteiger partial charge < -0.3 is 4.42 Å². The summed E-state index contributed by atoms with van der Waals surface area (Å²) in [6, 6.07) is 10.2. The number of hydrogen-bond acceptors (Lipinski definition) is 3. The van der Waals surface area contributed by atoms with Gasteiger partial charge in [0.05, 0.1) is 19.4 Å². The summed E-state index contributed by atoms with van der Waals surface area (Å²) in [5.74, 6) is 2.05. The fourth-order valence-electron chi connectivity index (χ4n) is 3.00. The maximum absolute atomic E-state index is 5.84. The smallest absolute Gasteiger partial charge is 0.413 e. The average molecular weight is 276 g/mol. The van der Waals surface area contributed by atoms with Crippen LogP contribution in [0.1, 0.15) is 5.76 Å². The number of fused-ring (bicyclic) bond motifs is 3. The number of furan rings is 1. The van der Waals surface area contributed by atoms with Crippen molar-refractivity contribution in [1.29, 1.82) is 0 Å².